The van der Waals surface area contributed by atoms with Gasteiger partial charge in [-0.2, -0.15) is 0 Å². The molecule has 2 aromatic carbocycles. The van der Waals surface area contributed by atoms with E-state index in [2.05, 4.69) is 19.2 Å². The molecule has 1 aliphatic heterocycles. The molecule has 0 fully saturated rings. The summed E-state index contributed by atoms with van der Waals surface area (Å²) in [7, 11) is 1.59. The number of anilines is 1. The molecular weight excluding hydrogens is 364 g/mol. The first-order valence-electron chi connectivity index (χ1n) is 9.93. The molecule has 1 aliphatic rings. The molecule has 1 N–H and O–H groups in total. The highest BCUT2D eigenvalue weighted by Crippen LogP contribution is 2.32. The summed E-state index contributed by atoms with van der Waals surface area (Å²) in [6, 6.07) is 15.2. The predicted octanol–water partition coefficient (Wildman–Crippen LogP) is 4.67. The van der Waals surface area contributed by atoms with Crippen LogP contribution in [0.1, 0.15) is 44.7 Å². The Morgan fingerprint density at radius 1 is 0.897 bits per heavy atom. The van der Waals surface area contributed by atoms with Crippen LogP contribution in [0.25, 0.3) is 5.57 Å². The summed E-state index contributed by atoms with van der Waals surface area (Å²) in [4.78, 5) is 27.6. The van der Waals surface area contributed by atoms with Crippen molar-refractivity contribution >= 4 is 23.1 Å². The van der Waals surface area contributed by atoms with Crippen LogP contribution in [0.3, 0.4) is 0 Å². The first-order chi connectivity index (χ1) is 13.8. The molecular formula is C24H28N2O3. The summed E-state index contributed by atoms with van der Waals surface area (Å²) in [5.41, 5.74) is 3.40. The molecule has 1 heterocycles. The van der Waals surface area contributed by atoms with E-state index in [-0.39, 0.29) is 17.7 Å². The molecule has 0 unspecified atom stereocenters. The first kappa shape index (κ1) is 20.6. The Bertz CT molecular complexity index is 926. The fourth-order valence-corrected chi connectivity index (χ4v) is 3.34. The zero-order valence-corrected chi connectivity index (χ0v) is 17.7. The highest BCUT2D eigenvalue weighted by atomic mass is 16.5. The Morgan fingerprint density at radius 3 is 2.03 bits per heavy atom. The summed E-state index contributed by atoms with van der Waals surface area (Å²) in [6.07, 6.45) is 0. The molecule has 5 nitrogen and oxygen atoms in total. The average molecular weight is 392 g/mol. The number of imide groups is 1. The molecule has 0 aliphatic carbocycles. The molecule has 0 spiro atoms. The van der Waals surface area contributed by atoms with Gasteiger partial charge >= 0.3 is 0 Å². The third-order valence-electron chi connectivity index (χ3n) is 4.94. The van der Waals surface area contributed by atoms with Gasteiger partial charge in [-0.25, -0.2) is 0 Å². The van der Waals surface area contributed by atoms with Gasteiger partial charge in [0.2, 0.25) is 0 Å². The van der Waals surface area contributed by atoms with Gasteiger partial charge in [-0.05, 0) is 47.2 Å². The Balaban J connectivity index is 2.01. The largest absolute Gasteiger partial charge is 0.497 e. The lowest BCUT2D eigenvalue weighted by atomic mass is 10.0. The second-order valence-corrected chi connectivity index (χ2v) is 7.99. The molecule has 0 saturated carbocycles. The normalized spacial score (nSPS) is 14.4. The predicted molar refractivity (Wildman–Crippen MR) is 116 cm³/mol. The number of methoxy groups -OCH3 is 1. The Kier molecular flexibility index (Phi) is 6.06. The molecule has 2 amide bonds. The third kappa shape index (κ3) is 4.34. The van der Waals surface area contributed by atoms with Crippen molar-refractivity contribution in [3.63, 3.8) is 0 Å². The van der Waals surface area contributed by atoms with Gasteiger partial charge in [0, 0.05) is 12.2 Å². The van der Waals surface area contributed by atoms with Crippen LogP contribution in [0, 0.1) is 5.92 Å². The molecule has 152 valence electrons. The molecule has 29 heavy (non-hydrogen) atoms. The summed E-state index contributed by atoms with van der Waals surface area (Å²) in [5.74, 6) is 0.751. The van der Waals surface area contributed by atoms with Crippen molar-refractivity contribution in [1.82, 2.24) is 4.90 Å². The fourth-order valence-electron chi connectivity index (χ4n) is 3.34. The molecule has 3 rings (SSSR count). The van der Waals surface area contributed by atoms with Crippen molar-refractivity contribution in [2.75, 3.05) is 19.0 Å². The minimum atomic E-state index is -0.289. The number of ether oxygens (including phenoxy) is 1. The number of rotatable bonds is 7. The number of carbonyl (C=O) groups is 2. The van der Waals surface area contributed by atoms with Crippen LogP contribution in [0.4, 0.5) is 5.69 Å². The van der Waals surface area contributed by atoms with E-state index in [1.807, 2.05) is 50.2 Å². The van der Waals surface area contributed by atoms with Crippen LogP contribution >= 0.6 is 0 Å². The Morgan fingerprint density at radius 2 is 1.52 bits per heavy atom. The Hall–Kier alpha value is -3.08. The molecule has 0 radical (unpaired) electrons. The number of hydrogen-bond acceptors (Lipinski definition) is 4. The topological polar surface area (TPSA) is 58.6 Å². The van der Waals surface area contributed by atoms with E-state index in [1.54, 1.807) is 19.2 Å². The zero-order chi connectivity index (χ0) is 21.1. The number of nitrogens with one attached hydrogen (secondary N) is 1. The van der Waals surface area contributed by atoms with Crippen LogP contribution in [-0.2, 0) is 9.59 Å². The summed E-state index contributed by atoms with van der Waals surface area (Å²) >= 11 is 0. The fraction of sp³-hybridized carbons (Fsp3) is 0.333. The minimum absolute atomic E-state index is 0.185. The molecule has 2 aromatic rings. The lowest BCUT2D eigenvalue weighted by molar-refractivity contribution is -0.137. The first-order valence-corrected chi connectivity index (χ1v) is 9.93. The second kappa shape index (κ2) is 8.52. The maximum Gasteiger partial charge on any atom is 0.278 e. The number of benzene rings is 2. The van der Waals surface area contributed by atoms with Crippen LogP contribution in [-0.4, -0.2) is 30.4 Å². The lowest BCUT2D eigenvalue weighted by Gasteiger charge is -2.17. The van der Waals surface area contributed by atoms with Gasteiger partial charge in [-0.15, -0.1) is 0 Å². The van der Waals surface area contributed by atoms with Crippen LogP contribution in [0.15, 0.2) is 54.2 Å². The summed E-state index contributed by atoms with van der Waals surface area (Å²) in [5, 5.41) is 3.20. The molecule has 0 aromatic heterocycles. The lowest BCUT2D eigenvalue weighted by Crippen LogP contribution is -2.35. The van der Waals surface area contributed by atoms with Crippen molar-refractivity contribution in [2.24, 2.45) is 5.92 Å². The standard InChI is InChI=1S/C24H28N2O3/c1-15(2)14-26-23(27)21(18-8-12-20(29-5)13-9-18)22(24(26)28)25-19-10-6-17(7-11-19)16(3)4/h6-13,15-16,25H,14H2,1-5H3. The van der Waals surface area contributed by atoms with E-state index < -0.39 is 0 Å². The SMILES string of the molecule is COc1ccc(C2=C(Nc3ccc(C(C)C)cc3)C(=O)N(CC(C)C)C2=O)cc1. The summed E-state index contributed by atoms with van der Waals surface area (Å²) < 4.78 is 5.21. The van der Waals surface area contributed by atoms with Crippen molar-refractivity contribution < 1.29 is 14.3 Å². The van der Waals surface area contributed by atoms with E-state index >= 15 is 0 Å². The van der Waals surface area contributed by atoms with Gasteiger partial charge in [-0.1, -0.05) is 52.0 Å². The average Bonchev–Trinajstić information content (AvgIpc) is 2.92. The number of carbonyl (C=O) groups excluding carboxylic acids is 2. The highest BCUT2D eigenvalue weighted by molar-refractivity contribution is 6.36. The maximum absolute atomic E-state index is 13.1. The highest BCUT2D eigenvalue weighted by Gasteiger charge is 2.39. The van der Waals surface area contributed by atoms with E-state index in [9.17, 15) is 9.59 Å². The molecule has 5 heteroatoms. The molecule has 0 bridgehead atoms. The monoisotopic (exact) mass is 392 g/mol. The van der Waals surface area contributed by atoms with E-state index in [0.717, 1.165) is 5.69 Å². The van der Waals surface area contributed by atoms with Gasteiger partial charge in [0.1, 0.15) is 11.4 Å². The van der Waals surface area contributed by atoms with Crippen LogP contribution < -0.4 is 10.1 Å². The van der Waals surface area contributed by atoms with Crippen LogP contribution in [0.5, 0.6) is 5.75 Å². The van der Waals surface area contributed by atoms with Crippen molar-refractivity contribution in [3.8, 4) is 5.75 Å². The smallest absolute Gasteiger partial charge is 0.278 e. The Labute approximate surface area is 172 Å². The molecule has 0 saturated heterocycles. The van der Waals surface area contributed by atoms with Gasteiger partial charge in [-0.3, -0.25) is 14.5 Å². The van der Waals surface area contributed by atoms with Gasteiger partial charge < -0.3 is 10.1 Å². The number of nitrogens with zero attached hydrogens (tertiary/aromatic N) is 1. The van der Waals surface area contributed by atoms with Crippen molar-refractivity contribution in [2.45, 2.75) is 33.6 Å². The minimum Gasteiger partial charge on any atom is -0.497 e. The number of amides is 2. The summed E-state index contributed by atoms with van der Waals surface area (Å²) in [6.45, 7) is 8.63. The van der Waals surface area contributed by atoms with Crippen LogP contribution in [0.2, 0.25) is 0 Å². The van der Waals surface area contributed by atoms with Gasteiger partial charge in [0.05, 0.1) is 12.7 Å². The zero-order valence-electron chi connectivity index (χ0n) is 17.7. The molecule has 0 atom stereocenters. The van der Waals surface area contributed by atoms with Gasteiger partial charge in [0.25, 0.3) is 11.8 Å². The van der Waals surface area contributed by atoms with Crippen molar-refractivity contribution in [1.29, 1.82) is 0 Å². The quantitative estimate of drug-likeness (QED) is 0.696. The number of hydrogen-bond donors (Lipinski definition) is 1. The third-order valence-corrected chi connectivity index (χ3v) is 4.94. The van der Waals surface area contributed by atoms with Gasteiger partial charge in [0.15, 0.2) is 0 Å². The van der Waals surface area contributed by atoms with Crippen molar-refractivity contribution in [3.05, 3.63) is 65.4 Å². The second-order valence-electron chi connectivity index (χ2n) is 7.99. The van der Waals surface area contributed by atoms with E-state index in [4.69, 9.17) is 4.74 Å². The van der Waals surface area contributed by atoms with E-state index in [1.165, 1.54) is 10.5 Å². The van der Waals surface area contributed by atoms with E-state index in [0.29, 0.717) is 35.0 Å². The maximum atomic E-state index is 13.1.